The number of aromatic nitrogens is 2. The molecule has 0 fully saturated rings. The molecule has 0 saturated heterocycles. The molecule has 0 saturated carbocycles. The van der Waals surface area contributed by atoms with E-state index in [0.29, 0.717) is 12.5 Å². The van der Waals surface area contributed by atoms with Gasteiger partial charge in [-0.2, -0.15) is 4.98 Å². The fourth-order valence-electron chi connectivity index (χ4n) is 3.62. The van der Waals surface area contributed by atoms with Crippen molar-refractivity contribution >= 4 is 17.6 Å². The smallest absolute Gasteiger partial charge is 0.345 e. The zero-order valence-electron chi connectivity index (χ0n) is 18.3. The molecule has 32 heavy (non-hydrogen) atoms. The molecule has 0 bridgehead atoms. The van der Waals surface area contributed by atoms with Gasteiger partial charge in [-0.1, -0.05) is 18.2 Å². The predicted octanol–water partition coefficient (Wildman–Crippen LogP) is 3.94. The van der Waals surface area contributed by atoms with Gasteiger partial charge >= 0.3 is 5.97 Å². The molecule has 0 N–H and O–H groups in total. The van der Waals surface area contributed by atoms with Crippen LogP contribution in [0.5, 0.6) is 17.4 Å². The van der Waals surface area contributed by atoms with Crippen LogP contribution in [0.25, 0.3) is 0 Å². The summed E-state index contributed by atoms with van der Waals surface area (Å²) in [6.45, 7) is 2.93. The Morgan fingerprint density at radius 2 is 1.91 bits per heavy atom. The van der Waals surface area contributed by atoms with E-state index in [1.807, 2.05) is 47.4 Å². The Morgan fingerprint density at radius 1 is 1.09 bits per heavy atom. The Balaban J connectivity index is 1.63. The average Bonchev–Trinajstić information content (AvgIpc) is 3.27. The monoisotopic (exact) mass is 435 g/mol. The lowest BCUT2D eigenvalue weighted by molar-refractivity contribution is 0.0519. The first kappa shape index (κ1) is 21.4. The Labute approximate surface area is 186 Å². The van der Waals surface area contributed by atoms with Crippen molar-refractivity contribution in [2.24, 2.45) is 0 Å². The number of ether oxygens (including phenoxy) is 4. The highest BCUT2D eigenvalue weighted by Gasteiger charge is 2.27. The molecule has 0 aliphatic carbocycles. The molecule has 4 rings (SSSR count). The van der Waals surface area contributed by atoms with Gasteiger partial charge in [0.15, 0.2) is 0 Å². The van der Waals surface area contributed by atoms with E-state index in [4.69, 9.17) is 18.9 Å². The number of carbonyl (C=O) groups excluding carboxylic acids is 1. The second-order valence-electron chi connectivity index (χ2n) is 7.11. The van der Waals surface area contributed by atoms with E-state index in [2.05, 4.69) is 9.97 Å². The van der Waals surface area contributed by atoms with Crippen molar-refractivity contribution in [2.75, 3.05) is 32.3 Å². The Morgan fingerprint density at radius 3 is 2.62 bits per heavy atom. The minimum Gasteiger partial charge on any atom is -0.497 e. The Bertz CT molecular complexity index is 1100. The molecule has 1 aliphatic rings. The molecule has 2 aromatic carbocycles. The van der Waals surface area contributed by atoms with Crippen LogP contribution in [0, 0.1) is 0 Å². The maximum absolute atomic E-state index is 12.4. The molecule has 8 nitrogen and oxygen atoms in total. The van der Waals surface area contributed by atoms with Gasteiger partial charge in [0.2, 0.25) is 11.8 Å². The number of fused-ring (bicyclic) bond motifs is 1. The lowest BCUT2D eigenvalue weighted by Gasteiger charge is -2.19. The van der Waals surface area contributed by atoms with Gasteiger partial charge < -0.3 is 23.8 Å². The number of rotatable bonds is 8. The van der Waals surface area contributed by atoms with Crippen molar-refractivity contribution in [3.8, 4) is 17.4 Å². The Kier molecular flexibility index (Phi) is 6.39. The maximum atomic E-state index is 12.4. The van der Waals surface area contributed by atoms with E-state index in [0.717, 1.165) is 34.7 Å². The molecule has 0 unspecified atom stereocenters. The molecular formula is C24H25N3O5. The summed E-state index contributed by atoms with van der Waals surface area (Å²) < 4.78 is 21.8. The van der Waals surface area contributed by atoms with Gasteiger partial charge in [0.05, 0.1) is 32.7 Å². The van der Waals surface area contributed by atoms with Gasteiger partial charge in [0, 0.05) is 12.1 Å². The zero-order valence-corrected chi connectivity index (χ0v) is 18.3. The normalized spacial score (nSPS) is 12.3. The van der Waals surface area contributed by atoms with Gasteiger partial charge in [-0.3, -0.25) is 0 Å². The summed E-state index contributed by atoms with van der Waals surface area (Å²) in [5.74, 6) is 1.71. The first-order valence-corrected chi connectivity index (χ1v) is 10.4. The van der Waals surface area contributed by atoms with E-state index in [9.17, 15) is 4.79 Å². The van der Waals surface area contributed by atoms with Crippen molar-refractivity contribution < 1.29 is 23.7 Å². The van der Waals surface area contributed by atoms with Crippen LogP contribution in [-0.4, -0.2) is 43.3 Å². The van der Waals surface area contributed by atoms with Crippen molar-refractivity contribution in [1.29, 1.82) is 0 Å². The minimum absolute atomic E-state index is 0.181. The number of methoxy groups -OCH3 is 2. The van der Waals surface area contributed by atoms with Crippen LogP contribution in [0.3, 0.4) is 0 Å². The molecule has 0 amide bonds. The number of nitrogens with zero attached hydrogens (tertiary/aromatic N) is 3. The van der Waals surface area contributed by atoms with Crippen molar-refractivity contribution in [1.82, 2.24) is 9.97 Å². The van der Waals surface area contributed by atoms with E-state index in [1.54, 1.807) is 21.1 Å². The number of carbonyl (C=O) groups is 1. The fraction of sp³-hybridized carbons (Fsp3) is 0.292. The van der Waals surface area contributed by atoms with Crippen LogP contribution in [0.4, 0.5) is 11.6 Å². The predicted molar refractivity (Wildman–Crippen MR) is 119 cm³/mol. The van der Waals surface area contributed by atoms with Gasteiger partial charge in [-0.05, 0) is 43.2 Å². The third kappa shape index (κ3) is 4.30. The van der Waals surface area contributed by atoms with Crippen LogP contribution in [0.2, 0.25) is 0 Å². The summed E-state index contributed by atoms with van der Waals surface area (Å²) >= 11 is 0. The van der Waals surface area contributed by atoms with E-state index in [-0.39, 0.29) is 24.7 Å². The molecular weight excluding hydrogens is 410 g/mol. The number of hydrogen-bond donors (Lipinski definition) is 0. The standard InChI is InChI=1S/C24H25N3O5/c1-4-31-23(28)19-14-25-24(27-13-12-18-20(27)6-5-7-21(18)30-3)26-22(19)32-15-16-8-10-17(29-2)11-9-16/h5-11,14H,4,12-13,15H2,1-3H3. The average molecular weight is 435 g/mol. The highest BCUT2D eigenvalue weighted by molar-refractivity contribution is 5.91. The summed E-state index contributed by atoms with van der Waals surface area (Å²) in [6.07, 6.45) is 2.27. The summed E-state index contributed by atoms with van der Waals surface area (Å²) in [7, 11) is 3.28. The molecule has 0 radical (unpaired) electrons. The molecule has 8 heteroatoms. The minimum atomic E-state index is -0.521. The van der Waals surface area contributed by atoms with Crippen molar-refractivity contribution in [3.63, 3.8) is 0 Å². The number of hydrogen-bond acceptors (Lipinski definition) is 8. The lowest BCUT2D eigenvalue weighted by atomic mass is 10.1. The first-order chi connectivity index (χ1) is 15.6. The van der Waals surface area contributed by atoms with Crippen LogP contribution in [-0.2, 0) is 17.8 Å². The molecule has 1 aromatic heterocycles. The summed E-state index contributed by atoms with van der Waals surface area (Å²) in [6, 6.07) is 13.4. The van der Waals surface area contributed by atoms with E-state index < -0.39 is 5.97 Å². The zero-order chi connectivity index (χ0) is 22.5. The number of anilines is 2. The highest BCUT2D eigenvalue weighted by atomic mass is 16.5. The van der Waals surface area contributed by atoms with Gasteiger partial charge in [-0.15, -0.1) is 0 Å². The fourth-order valence-corrected chi connectivity index (χ4v) is 3.62. The SMILES string of the molecule is CCOC(=O)c1cnc(N2CCc3c(OC)cccc32)nc1OCc1ccc(OC)cc1. The van der Waals surface area contributed by atoms with Gasteiger partial charge in [0.1, 0.15) is 23.7 Å². The first-order valence-electron chi connectivity index (χ1n) is 10.4. The van der Waals surface area contributed by atoms with Crippen LogP contribution >= 0.6 is 0 Å². The van der Waals surface area contributed by atoms with Crippen LogP contribution in [0.1, 0.15) is 28.4 Å². The van der Waals surface area contributed by atoms with E-state index >= 15 is 0 Å². The molecule has 0 atom stereocenters. The summed E-state index contributed by atoms with van der Waals surface area (Å²) in [5.41, 5.74) is 3.19. The van der Waals surface area contributed by atoms with Crippen LogP contribution < -0.4 is 19.1 Å². The molecule has 3 aromatic rings. The van der Waals surface area contributed by atoms with Crippen LogP contribution in [0.15, 0.2) is 48.7 Å². The van der Waals surface area contributed by atoms with Crippen molar-refractivity contribution in [2.45, 2.75) is 20.0 Å². The van der Waals surface area contributed by atoms with Crippen molar-refractivity contribution in [3.05, 3.63) is 65.4 Å². The largest absolute Gasteiger partial charge is 0.497 e. The second-order valence-corrected chi connectivity index (χ2v) is 7.11. The highest BCUT2D eigenvalue weighted by Crippen LogP contribution is 2.38. The summed E-state index contributed by atoms with van der Waals surface area (Å²) in [5, 5.41) is 0. The number of benzene rings is 2. The Hall–Kier alpha value is -3.81. The topological polar surface area (TPSA) is 83.0 Å². The quantitative estimate of drug-likeness (QED) is 0.492. The maximum Gasteiger partial charge on any atom is 0.345 e. The third-order valence-electron chi connectivity index (χ3n) is 5.22. The molecule has 166 valence electrons. The van der Waals surface area contributed by atoms with Gasteiger partial charge in [0.25, 0.3) is 0 Å². The lowest BCUT2D eigenvalue weighted by Crippen LogP contribution is -2.18. The molecule has 2 heterocycles. The second kappa shape index (κ2) is 9.55. The molecule has 0 spiro atoms. The summed E-state index contributed by atoms with van der Waals surface area (Å²) in [4.78, 5) is 23.5. The van der Waals surface area contributed by atoms with Gasteiger partial charge in [-0.25, -0.2) is 9.78 Å². The third-order valence-corrected chi connectivity index (χ3v) is 5.22. The number of esters is 1. The molecule has 1 aliphatic heterocycles. The van der Waals surface area contributed by atoms with E-state index in [1.165, 1.54) is 6.20 Å².